The van der Waals surface area contributed by atoms with Crippen LogP contribution in [0.25, 0.3) is 0 Å². The summed E-state index contributed by atoms with van der Waals surface area (Å²) >= 11 is 0. The third-order valence-corrected chi connectivity index (χ3v) is 4.52. The van der Waals surface area contributed by atoms with Gasteiger partial charge < -0.3 is 10.4 Å². The van der Waals surface area contributed by atoms with Crippen molar-refractivity contribution in [1.82, 2.24) is 5.32 Å². The zero-order chi connectivity index (χ0) is 15.4. The summed E-state index contributed by atoms with van der Waals surface area (Å²) in [7, 11) is 0. The van der Waals surface area contributed by atoms with E-state index in [1.54, 1.807) is 0 Å². The van der Waals surface area contributed by atoms with Crippen LogP contribution in [0, 0.1) is 25.7 Å². The number of aliphatic carboxylic acids is 1. The summed E-state index contributed by atoms with van der Waals surface area (Å²) in [5.74, 6) is -1.13. The van der Waals surface area contributed by atoms with E-state index in [0.29, 0.717) is 12.1 Å². The lowest BCUT2D eigenvalue weighted by molar-refractivity contribution is -0.144. The average Bonchev–Trinajstić information content (AvgIpc) is 2.47. The minimum Gasteiger partial charge on any atom is -0.481 e. The van der Waals surface area contributed by atoms with Crippen molar-refractivity contribution in [3.63, 3.8) is 0 Å². The molecule has 114 valence electrons. The number of aryl methyl sites for hydroxylation is 2. The number of hydrogen-bond acceptors (Lipinski definition) is 2. The van der Waals surface area contributed by atoms with E-state index in [0.717, 1.165) is 36.8 Å². The van der Waals surface area contributed by atoms with Crippen LogP contribution in [-0.2, 0) is 4.79 Å². The minimum atomic E-state index is -0.736. The van der Waals surface area contributed by atoms with E-state index in [-0.39, 0.29) is 17.7 Å². The molecule has 1 amide bonds. The Labute approximate surface area is 125 Å². The van der Waals surface area contributed by atoms with E-state index >= 15 is 0 Å². The number of carbonyl (C=O) groups excluding carboxylic acids is 1. The van der Waals surface area contributed by atoms with Gasteiger partial charge in [-0.05, 0) is 55.9 Å². The first-order chi connectivity index (χ1) is 9.99. The highest BCUT2D eigenvalue weighted by atomic mass is 16.4. The SMILES string of the molecule is Cc1ccc(C(=O)NCC2CCCCC2C(=O)O)cc1C. The van der Waals surface area contributed by atoms with E-state index in [4.69, 9.17) is 0 Å². The third kappa shape index (κ3) is 3.84. The maximum Gasteiger partial charge on any atom is 0.306 e. The quantitative estimate of drug-likeness (QED) is 0.895. The molecule has 0 saturated heterocycles. The molecule has 0 spiro atoms. The first-order valence-electron chi connectivity index (χ1n) is 7.57. The Bertz CT molecular complexity index is 539. The molecule has 4 nitrogen and oxygen atoms in total. The smallest absolute Gasteiger partial charge is 0.306 e. The van der Waals surface area contributed by atoms with Gasteiger partial charge in [-0.15, -0.1) is 0 Å². The molecule has 1 aromatic rings. The van der Waals surface area contributed by atoms with Gasteiger partial charge in [0.25, 0.3) is 5.91 Å². The minimum absolute atomic E-state index is 0.0479. The van der Waals surface area contributed by atoms with Crippen molar-refractivity contribution in [2.45, 2.75) is 39.5 Å². The lowest BCUT2D eigenvalue weighted by Gasteiger charge is -2.28. The zero-order valence-corrected chi connectivity index (χ0v) is 12.7. The van der Waals surface area contributed by atoms with Crippen molar-refractivity contribution in [2.24, 2.45) is 11.8 Å². The van der Waals surface area contributed by atoms with Crippen LogP contribution >= 0.6 is 0 Å². The van der Waals surface area contributed by atoms with Crippen molar-refractivity contribution in [3.05, 3.63) is 34.9 Å². The fourth-order valence-corrected chi connectivity index (χ4v) is 2.99. The maximum atomic E-state index is 12.2. The highest BCUT2D eigenvalue weighted by Crippen LogP contribution is 2.29. The standard InChI is InChI=1S/C17H23NO3/c1-11-7-8-13(9-12(11)2)16(19)18-10-14-5-3-4-6-15(14)17(20)21/h7-9,14-15H,3-6,10H2,1-2H3,(H,18,19)(H,20,21). The van der Waals surface area contributed by atoms with Crippen LogP contribution in [0.2, 0.25) is 0 Å². The fraction of sp³-hybridized carbons (Fsp3) is 0.529. The van der Waals surface area contributed by atoms with Gasteiger partial charge in [0.15, 0.2) is 0 Å². The molecule has 2 atom stereocenters. The molecule has 2 N–H and O–H groups in total. The van der Waals surface area contributed by atoms with Crippen LogP contribution in [0.1, 0.15) is 47.2 Å². The van der Waals surface area contributed by atoms with Gasteiger partial charge in [-0.2, -0.15) is 0 Å². The Morgan fingerprint density at radius 1 is 1.19 bits per heavy atom. The van der Waals surface area contributed by atoms with Crippen molar-refractivity contribution in [2.75, 3.05) is 6.54 Å². The first-order valence-corrected chi connectivity index (χ1v) is 7.57. The van der Waals surface area contributed by atoms with Crippen LogP contribution in [0.5, 0.6) is 0 Å². The number of nitrogens with one attached hydrogen (secondary N) is 1. The second-order valence-corrected chi connectivity index (χ2v) is 6.00. The van der Waals surface area contributed by atoms with Gasteiger partial charge in [-0.1, -0.05) is 18.9 Å². The Morgan fingerprint density at radius 3 is 2.57 bits per heavy atom. The number of carbonyl (C=O) groups is 2. The van der Waals surface area contributed by atoms with Crippen LogP contribution in [0.15, 0.2) is 18.2 Å². The molecule has 0 aromatic heterocycles. The summed E-state index contributed by atoms with van der Waals surface area (Å²) in [5, 5.41) is 12.1. The Kier molecular flexibility index (Phi) is 4.99. The van der Waals surface area contributed by atoms with Crippen molar-refractivity contribution >= 4 is 11.9 Å². The van der Waals surface area contributed by atoms with E-state index in [1.807, 2.05) is 32.0 Å². The number of benzene rings is 1. The fourth-order valence-electron chi connectivity index (χ4n) is 2.99. The van der Waals surface area contributed by atoms with Gasteiger partial charge in [-0.25, -0.2) is 0 Å². The summed E-state index contributed by atoms with van der Waals surface area (Å²) < 4.78 is 0. The molecule has 21 heavy (non-hydrogen) atoms. The molecule has 1 aliphatic carbocycles. The molecule has 2 rings (SSSR count). The van der Waals surface area contributed by atoms with Crippen molar-refractivity contribution < 1.29 is 14.7 Å². The number of amides is 1. The molecule has 1 aromatic carbocycles. The van der Waals surface area contributed by atoms with E-state index in [2.05, 4.69) is 5.32 Å². The Morgan fingerprint density at radius 2 is 1.90 bits per heavy atom. The lowest BCUT2D eigenvalue weighted by Crippen LogP contribution is -2.37. The number of rotatable bonds is 4. The molecular formula is C17H23NO3. The molecule has 0 radical (unpaired) electrons. The largest absolute Gasteiger partial charge is 0.481 e. The van der Waals surface area contributed by atoms with E-state index in [9.17, 15) is 14.7 Å². The van der Waals surface area contributed by atoms with Crippen LogP contribution in [0.3, 0.4) is 0 Å². The highest BCUT2D eigenvalue weighted by molar-refractivity contribution is 5.94. The summed E-state index contributed by atoms with van der Waals surface area (Å²) in [6.45, 7) is 4.44. The van der Waals surface area contributed by atoms with Crippen molar-refractivity contribution in [1.29, 1.82) is 0 Å². The predicted octanol–water partition coefficient (Wildman–Crippen LogP) is 2.92. The Hall–Kier alpha value is -1.84. The number of hydrogen-bond donors (Lipinski definition) is 2. The summed E-state index contributed by atoms with van der Waals surface area (Å²) in [6, 6.07) is 5.62. The zero-order valence-electron chi connectivity index (χ0n) is 12.7. The highest BCUT2D eigenvalue weighted by Gasteiger charge is 2.30. The molecule has 0 bridgehead atoms. The van der Waals surface area contributed by atoms with Gasteiger partial charge in [0.2, 0.25) is 0 Å². The number of carboxylic acid groups (broad SMARTS) is 1. The second-order valence-electron chi connectivity index (χ2n) is 6.00. The van der Waals surface area contributed by atoms with E-state index in [1.165, 1.54) is 0 Å². The van der Waals surface area contributed by atoms with Crippen LogP contribution in [-0.4, -0.2) is 23.5 Å². The molecule has 0 heterocycles. The Balaban J connectivity index is 1.96. The van der Waals surface area contributed by atoms with E-state index < -0.39 is 5.97 Å². The predicted molar refractivity (Wildman–Crippen MR) is 81.3 cm³/mol. The first kappa shape index (κ1) is 15.5. The molecule has 1 aliphatic rings. The van der Waals surface area contributed by atoms with Gasteiger partial charge >= 0.3 is 5.97 Å². The summed E-state index contributed by atoms with van der Waals surface area (Å²) in [5.41, 5.74) is 2.88. The lowest BCUT2D eigenvalue weighted by atomic mass is 9.79. The van der Waals surface area contributed by atoms with Gasteiger partial charge in [0.05, 0.1) is 5.92 Å². The third-order valence-electron chi connectivity index (χ3n) is 4.52. The summed E-state index contributed by atoms with van der Waals surface area (Å²) in [6.07, 6.45) is 3.62. The van der Waals surface area contributed by atoms with Crippen molar-refractivity contribution in [3.8, 4) is 0 Å². The molecule has 1 saturated carbocycles. The average molecular weight is 289 g/mol. The van der Waals surface area contributed by atoms with Gasteiger partial charge in [0.1, 0.15) is 0 Å². The monoisotopic (exact) mass is 289 g/mol. The topological polar surface area (TPSA) is 66.4 Å². The van der Waals surface area contributed by atoms with Gasteiger partial charge in [0, 0.05) is 12.1 Å². The molecule has 2 unspecified atom stereocenters. The molecule has 4 heteroatoms. The van der Waals surface area contributed by atoms with Crippen LogP contribution < -0.4 is 5.32 Å². The number of carboxylic acids is 1. The van der Waals surface area contributed by atoms with Gasteiger partial charge in [-0.3, -0.25) is 9.59 Å². The summed E-state index contributed by atoms with van der Waals surface area (Å²) in [4.78, 5) is 23.4. The normalized spacial score (nSPS) is 21.8. The second kappa shape index (κ2) is 6.74. The molecule has 0 aliphatic heterocycles. The van der Waals surface area contributed by atoms with Crippen LogP contribution in [0.4, 0.5) is 0 Å². The maximum absolute atomic E-state index is 12.2. The molecule has 1 fully saturated rings. The molecular weight excluding hydrogens is 266 g/mol.